The zero-order chi connectivity index (χ0) is 18.5. The Morgan fingerprint density at radius 1 is 1.19 bits per heavy atom. The van der Waals surface area contributed by atoms with E-state index < -0.39 is 0 Å². The fraction of sp³-hybridized carbons (Fsp3) is 0.143. The highest BCUT2D eigenvalue weighted by Crippen LogP contribution is 2.34. The van der Waals surface area contributed by atoms with E-state index in [0.29, 0.717) is 22.4 Å². The molecule has 132 valence electrons. The van der Waals surface area contributed by atoms with Crippen LogP contribution >= 0.6 is 24.0 Å². The van der Waals surface area contributed by atoms with E-state index in [2.05, 4.69) is 25.6 Å². The summed E-state index contributed by atoms with van der Waals surface area (Å²) in [6.45, 7) is 6.64. The van der Waals surface area contributed by atoms with Gasteiger partial charge in [0.05, 0.1) is 4.91 Å². The third kappa shape index (κ3) is 4.06. The smallest absolute Gasteiger partial charge is 0.266 e. The molecule has 1 fully saturated rings. The van der Waals surface area contributed by atoms with Crippen LogP contribution in [0.15, 0.2) is 66.1 Å². The Bertz CT molecular complexity index is 889. The van der Waals surface area contributed by atoms with Gasteiger partial charge in [-0.1, -0.05) is 72.5 Å². The summed E-state index contributed by atoms with van der Waals surface area (Å²) < 4.78 is 6.58. The third-order valence-electron chi connectivity index (χ3n) is 4.04. The molecule has 0 unspecified atom stereocenters. The van der Waals surface area contributed by atoms with Gasteiger partial charge < -0.3 is 4.74 Å². The molecule has 1 aliphatic rings. The largest absolute Gasteiger partial charge is 0.488 e. The molecule has 0 N–H and O–H groups in total. The Balaban J connectivity index is 1.81. The number of aryl methyl sites for hydroxylation is 1. The number of rotatable bonds is 6. The molecule has 0 aromatic heterocycles. The summed E-state index contributed by atoms with van der Waals surface area (Å²) in [5, 5.41) is 0. The third-order valence-corrected chi connectivity index (χ3v) is 5.41. The predicted octanol–water partition coefficient (Wildman–Crippen LogP) is 4.96. The first kappa shape index (κ1) is 18.4. The number of ether oxygens (including phenoxy) is 1. The number of carbonyl (C=O) groups excluding carboxylic acids is 1. The molecule has 0 bridgehead atoms. The first-order valence-corrected chi connectivity index (χ1v) is 9.45. The van der Waals surface area contributed by atoms with E-state index in [9.17, 15) is 4.79 Å². The minimum absolute atomic E-state index is 0.0893. The van der Waals surface area contributed by atoms with Crippen molar-refractivity contribution in [3.63, 3.8) is 0 Å². The van der Waals surface area contributed by atoms with Crippen LogP contribution in [0.3, 0.4) is 0 Å². The van der Waals surface area contributed by atoms with Crippen molar-refractivity contribution in [2.45, 2.75) is 13.5 Å². The lowest BCUT2D eigenvalue weighted by Gasteiger charge is -2.12. The highest BCUT2D eigenvalue weighted by atomic mass is 32.2. The number of thioether (sulfide) groups is 1. The van der Waals surface area contributed by atoms with Crippen LogP contribution in [0.2, 0.25) is 0 Å². The van der Waals surface area contributed by atoms with Crippen LogP contribution < -0.4 is 4.74 Å². The highest BCUT2D eigenvalue weighted by molar-refractivity contribution is 8.26. The molecule has 0 saturated carbocycles. The van der Waals surface area contributed by atoms with Crippen molar-refractivity contribution < 1.29 is 9.53 Å². The standard InChI is InChI=1S/C21H19NO2S2/c1-3-12-22-20(23)19(26-21(22)25)13-16-9-6-7-11-18(16)24-14-17-10-5-4-8-15(17)2/h3-11,13H,1,12,14H2,2H3/b19-13-. The molecule has 0 atom stereocenters. The molecule has 3 nitrogen and oxygen atoms in total. The summed E-state index contributed by atoms with van der Waals surface area (Å²) in [6.07, 6.45) is 3.52. The molecule has 2 aromatic carbocycles. The number of amides is 1. The van der Waals surface area contributed by atoms with Crippen molar-refractivity contribution in [2.24, 2.45) is 0 Å². The average Bonchev–Trinajstić information content (AvgIpc) is 2.90. The highest BCUT2D eigenvalue weighted by Gasteiger charge is 2.31. The van der Waals surface area contributed by atoms with Gasteiger partial charge in [-0.25, -0.2) is 0 Å². The van der Waals surface area contributed by atoms with Crippen molar-refractivity contribution in [1.29, 1.82) is 0 Å². The minimum atomic E-state index is -0.0893. The van der Waals surface area contributed by atoms with Crippen molar-refractivity contribution >= 4 is 40.3 Å². The summed E-state index contributed by atoms with van der Waals surface area (Å²) in [5.41, 5.74) is 3.19. The Morgan fingerprint density at radius 2 is 1.92 bits per heavy atom. The number of hydrogen-bond acceptors (Lipinski definition) is 4. The molecule has 3 rings (SSSR count). The van der Waals surface area contributed by atoms with Gasteiger partial charge in [0.15, 0.2) is 0 Å². The molecular weight excluding hydrogens is 362 g/mol. The van der Waals surface area contributed by atoms with E-state index in [4.69, 9.17) is 17.0 Å². The Hall–Kier alpha value is -2.37. The summed E-state index contributed by atoms with van der Waals surface area (Å²) >= 11 is 6.59. The van der Waals surface area contributed by atoms with Crippen molar-refractivity contribution in [3.8, 4) is 5.75 Å². The first-order chi connectivity index (χ1) is 12.6. The zero-order valence-corrected chi connectivity index (χ0v) is 16.1. The number of para-hydroxylation sites is 1. The van der Waals surface area contributed by atoms with Gasteiger partial charge in [0, 0.05) is 12.1 Å². The van der Waals surface area contributed by atoms with E-state index in [-0.39, 0.29) is 5.91 Å². The minimum Gasteiger partial charge on any atom is -0.488 e. The van der Waals surface area contributed by atoms with Crippen LogP contribution in [0, 0.1) is 6.92 Å². The van der Waals surface area contributed by atoms with Gasteiger partial charge in [0.1, 0.15) is 16.7 Å². The maximum absolute atomic E-state index is 12.5. The van der Waals surface area contributed by atoms with Crippen molar-refractivity contribution in [1.82, 2.24) is 4.90 Å². The van der Waals surface area contributed by atoms with Gasteiger partial charge in [0.2, 0.25) is 0 Å². The molecular formula is C21H19NO2S2. The van der Waals surface area contributed by atoms with Crippen LogP contribution in [-0.4, -0.2) is 21.7 Å². The fourth-order valence-corrected chi connectivity index (χ4v) is 3.85. The average molecular weight is 382 g/mol. The topological polar surface area (TPSA) is 29.5 Å². The summed E-state index contributed by atoms with van der Waals surface area (Å²) in [5.74, 6) is 0.651. The second-order valence-corrected chi connectivity index (χ2v) is 7.51. The van der Waals surface area contributed by atoms with Crippen LogP contribution in [0.25, 0.3) is 6.08 Å². The van der Waals surface area contributed by atoms with Gasteiger partial charge in [-0.2, -0.15) is 0 Å². The molecule has 0 aliphatic carbocycles. The quantitative estimate of drug-likeness (QED) is 0.402. The normalized spacial score (nSPS) is 15.6. The maximum Gasteiger partial charge on any atom is 0.266 e. The number of nitrogens with zero attached hydrogens (tertiary/aromatic N) is 1. The lowest BCUT2D eigenvalue weighted by atomic mass is 10.1. The molecule has 26 heavy (non-hydrogen) atoms. The number of thiocarbonyl (C=S) groups is 1. The number of hydrogen-bond donors (Lipinski definition) is 0. The Labute approximate surface area is 163 Å². The van der Waals surface area contributed by atoms with E-state index in [1.54, 1.807) is 11.0 Å². The molecule has 5 heteroatoms. The van der Waals surface area contributed by atoms with Crippen LogP contribution in [-0.2, 0) is 11.4 Å². The predicted molar refractivity (Wildman–Crippen MR) is 112 cm³/mol. The van der Waals surface area contributed by atoms with Crippen molar-refractivity contribution in [2.75, 3.05) is 6.54 Å². The molecule has 2 aromatic rings. The second-order valence-electron chi connectivity index (χ2n) is 5.83. The Morgan fingerprint density at radius 3 is 2.69 bits per heavy atom. The zero-order valence-electron chi connectivity index (χ0n) is 14.5. The van der Waals surface area contributed by atoms with Gasteiger partial charge in [-0.15, -0.1) is 6.58 Å². The fourth-order valence-electron chi connectivity index (χ4n) is 2.59. The van der Waals surface area contributed by atoms with Crippen LogP contribution in [0.4, 0.5) is 0 Å². The summed E-state index contributed by atoms with van der Waals surface area (Å²) in [7, 11) is 0. The van der Waals surface area contributed by atoms with Gasteiger partial charge >= 0.3 is 0 Å². The monoisotopic (exact) mass is 381 g/mol. The lowest BCUT2D eigenvalue weighted by Crippen LogP contribution is -2.27. The maximum atomic E-state index is 12.5. The molecule has 0 radical (unpaired) electrons. The molecule has 1 saturated heterocycles. The van der Waals surface area contributed by atoms with Crippen LogP contribution in [0.1, 0.15) is 16.7 Å². The number of benzene rings is 2. The molecule has 1 amide bonds. The summed E-state index contributed by atoms with van der Waals surface area (Å²) in [6, 6.07) is 15.8. The van der Waals surface area contributed by atoms with Gasteiger partial charge in [-0.05, 0) is 30.2 Å². The van der Waals surface area contributed by atoms with Crippen molar-refractivity contribution in [3.05, 3.63) is 82.8 Å². The summed E-state index contributed by atoms with van der Waals surface area (Å²) in [4.78, 5) is 14.7. The first-order valence-electron chi connectivity index (χ1n) is 8.22. The molecule has 1 aliphatic heterocycles. The van der Waals surface area contributed by atoms with E-state index in [0.717, 1.165) is 16.9 Å². The van der Waals surface area contributed by atoms with Gasteiger partial charge in [0.25, 0.3) is 5.91 Å². The van der Waals surface area contributed by atoms with Gasteiger partial charge in [-0.3, -0.25) is 9.69 Å². The van der Waals surface area contributed by atoms with E-state index in [1.807, 2.05) is 42.5 Å². The van der Waals surface area contributed by atoms with E-state index in [1.165, 1.54) is 17.3 Å². The molecule has 0 spiro atoms. The molecule has 1 heterocycles. The lowest BCUT2D eigenvalue weighted by molar-refractivity contribution is -0.121. The second kappa shape index (κ2) is 8.34. The SMILES string of the molecule is C=CCN1C(=O)/C(=C/c2ccccc2OCc2ccccc2C)SC1=S. The van der Waals surface area contributed by atoms with E-state index >= 15 is 0 Å². The number of carbonyl (C=O) groups is 1. The Kier molecular flexibility index (Phi) is 5.91. The van der Waals surface area contributed by atoms with Crippen LogP contribution in [0.5, 0.6) is 5.75 Å².